The zero-order chi connectivity index (χ0) is 19.1. The van der Waals surface area contributed by atoms with Gasteiger partial charge in [0.05, 0.1) is 11.3 Å². The molecule has 0 spiro atoms. The molecule has 0 saturated heterocycles. The Morgan fingerprint density at radius 1 is 1.00 bits per heavy atom. The Kier molecular flexibility index (Phi) is 4.36. The van der Waals surface area contributed by atoms with Crippen LogP contribution in [0.2, 0.25) is 5.15 Å². The van der Waals surface area contributed by atoms with Crippen LogP contribution in [0.5, 0.6) is 0 Å². The quantitative estimate of drug-likeness (QED) is 0.422. The van der Waals surface area contributed by atoms with Crippen molar-refractivity contribution in [2.24, 2.45) is 0 Å². The van der Waals surface area contributed by atoms with Crippen LogP contribution in [0, 0.1) is 17.5 Å². The number of aryl methyl sites for hydroxylation is 1. The molecule has 2 aromatic carbocycles. The van der Waals surface area contributed by atoms with Crippen LogP contribution in [0.25, 0.3) is 28.2 Å². The standard InChI is InChI=1S/C20H13ClF3N3/c1-2-11-3-5-12(6-4-11)18-17(16-14(23)9-13(22)10-15(16)24)19(21)26-20-25-7-8-27(18)20/h3-10H,2H2,1H3. The first-order chi connectivity index (χ1) is 13.0. The maximum absolute atomic E-state index is 14.5. The molecule has 2 heterocycles. The van der Waals surface area contributed by atoms with Crippen molar-refractivity contribution in [2.45, 2.75) is 13.3 Å². The van der Waals surface area contributed by atoms with E-state index in [1.54, 1.807) is 10.6 Å². The van der Waals surface area contributed by atoms with Crippen molar-refractivity contribution in [3.8, 4) is 22.4 Å². The Labute approximate surface area is 158 Å². The van der Waals surface area contributed by atoms with Gasteiger partial charge < -0.3 is 0 Å². The number of imidazole rings is 1. The predicted molar refractivity (Wildman–Crippen MR) is 98.1 cm³/mol. The van der Waals surface area contributed by atoms with E-state index in [1.165, 1.54) is 6.20 Å². The Bertz CT molecular complexity index is 1130. The molecular formula is C20H13ClF3N3. The summed E-state index contributed by atoms with van der Waals surface area (Å²) in [6.07, 6.45) is 4.00. The van der Waals surface area contributed by atoms with Gasteiger partial charge in [-0.2, -0.15) is 4.98 Å². The minimum Gasteiger partial charge on any atom is -0.283 e. The molecule has 136 valence electrons. The Morgan fingerprint density at radius 2 is 1.67 bits per heavy atom. The van der Waals surface area contributed by atoms with Gasteiger partial charge in [-0.05, 0) is 17.5 Å². The number of aromatic nitrogens is 3. The molecule has 0 aliphatic carbocycles. The van der Waals surface area contributed by atoms with Crippen LogP contribution >= 0.6 is 11.6 Å². The molecule has 0 radical (unpaired) electrons. The first-order valence-electron chi connectivity index (χ1n) is 8.26. The van der Waals surface area contributed by atoms with Crippen LogP contribution in [0.15, 0.2) is 48.8 Å². The summed E-state index contributed by atoms with van der Waals surface area (Å²) < 4.78 is 44.0. The average molecular weight is 388 g/mol. The minimum absolute atomic E-state index is 0.0430. The molecule has 0 N–H and O–H groups in total. The van der Waals surface area contributed by atoms with Gasteiger partial charge in [0.15, 0.2) is 0 Å². The van der Waals surface area contributed by atoms with E-state index < -0.39 is 23.0 Å². The van der Waals surface area contributed by atoms with Crippen molar-refractivity contribution >= 4 is 17.4 Å². The smallest absolute Gasteiger partial charge is 0.235 e. The van der Waals surface area contributed by atoms with Crippen LogP contribution < -0.4 is 0 Å². The van der Waals surface area contributed by atoms with Crippen molar-refractivity contribution in [3.05, 3.63) is 77.0 Å². The van der Waals surface area contributed by atoms with Gasteiger partial charge in [-0.3, -0.25) is 4.40 Å². The van der Waals surface area contributed by atoms with Crippen molar-refractivity contribution in [1.29, 1.82) is 0 Å². The largest absolute Gasteiger partial charge is 0.283 e. The average Bonchev–Trinajstić information content (AvgIpc) is 3.09. The van der Waals surface area contributed by atoms with Gasteiger partial charge >= 0.3 is 0 Å². The number of halogens is 4. The fourth-order valence-electron chi connectivity index (χ4n) is 3.10. The van der Waals surface area contributed by atoms with E-state index in [-0.39, 0.29) is 10.7 Å². The third kappa shape index (κ3) is 2.96. The second kappa shape index (κ2) is 6.70. The fraction of sp³-hybridized carbons (Fsp3) is 0.100. The molecule has 4 aromatic rings. The number of rotatable bonds is 3. The molecule has 0 aliphatic rings. The highest BCUT2D eigenvalue weighted by atomic mass is 35.5. The Balaban J connectivity index is 2.10. The molecule has 0 bridgehead atoms. The van der Waals surface area contributed by atoms with Crippen LogP contribution in [0.3, 0.4) is 0 Å². The first-order valence-corrected chi connectivity index (χ1v) is 8.64. The third-order valence-electron chi connectivity index (χ3n) is 4.40. The molecule has 0 aliphatic heterocycles. The third-order valence-corrected chi connectivity index (χ3v) is 4.67. The van der Waals surface area contributed by atoms with E-state index in [1.807, 2.05) is 31.2 Å². The summed E-state index contributed by atoms with van der Waals surface area (Å²) in [5, 5.41) is -0.118. The number of nitrogens with zero attached hydrogens (tertiary/aromatic N) is 3. The SMILES string of the molecule is CCc1ccc(-c2c(-c3c(F)cc(F)cc3F)c(Cl)nc3nccn23)cc1. The minimum atomic E-state index is -1.05. The molecule has 4 rings (SSSR count). The summed E-state index contributed by atoms with van der Waals surface area (Å²) in [6.45, 7) is 2.03. The van der Waals surface area contributed by atoms with Gasteiger partial charge in [-0.25, -0.2) is 18.2 Å². The lowest BCUT2D eigenvalue weighted by molar-refractivity contribution is 0.548. The molecule has 0 fully saturated rings. The maximum Gasteiger partial charge on any atom is 0.235 e. The summed E-state index contributed by atoms with van der Waals surface area (Å²) in [7, 11) is 0. The van der Waals surface area contributed by atoms with Gasteiger partial charge in [0, 0.05) is 30.1 Å². The predicted octanol–water partition coefficient (Wildman–Crippen LogP) is 5.70. The van der Waals surface area contributed by atoms with Gasteiger partial charge in [0.1, 0.15) is 22.6 Å². The summed E-state index contributed by atoms with van der Waals surface area (Å²) in [4.78, 5) is 8.24. The lowest BCUT2D eigenvalue weighted by Crippen LogP contribution is -2.03. The molecule has 0 amide bonds. The molecule has 2 aromatic heterocycles. The number of hydrogen-bond donors (Lipinski definition) is 0. The highest BCUT2D eigenvalue weighted by Crippen LogP contribution is 2.39. The summed E-state index contributed by atoms with van der Waals surface area (Å²) >= 11 is 6.30. The van der Waals surface area contributed by atoms with Crippen molar-refractivity contribution < 1.29 is 13.2 Å². The topological polar surface area (TPSA) is 30.2 Å². The van der Waals surface area contributed by atoms with Crippen molar-refractivity contribution in [1.82, 2.24) is 14.4 Å². The summed E-state index contributed by atoms with van der Waals surface area (Å²) in [5.74, 6) is -2.82. The van der Waals surface area contributed by atoms with Crippen molar-refractivity contribution in [3.63, 3.8) is 0 Å². The molecule has 3 nitrogen and oxygen atoms in total. The molecule has 7 heteroatoms. The van der Waals surface area contributed by atoms with Crippen LogP contribution in [0.1, 0.15) is 12.5 Å². The molecule has 0 unspecified atom stereocenters. The summed E-state index contributed by atoms with van der Waals surface area (Å²) in [5.41, 5.74) is 1.83. The van der Waals surface area contributed by atoms with E-state index in [2.05, 4.69) is 9.97 Å². The van der Waals surface area contributed by atoms with Gasteiger partial charge in [-0.1, -0.05) is 42.8 Å². The van der Waals surface area contributed by atoms with Crippen LogP contribution in [-0.2, 0) is 6.42 Å². The van der Waals surface area contributed by atoms with Gasteiger partial charge in [0.25, 0.3) is 0 Å². The number of hydrogen-bond acceptors (Lipinski definition) is 2. The van der Waals surface area contributed by atoms with E-state index in [0.717, 1.165) is 12.0 Å². The second-order valence-electron chi connectivity index (χ2n) is 6.02. The molecule has 0 saturated carbocycles. The lowest BCUT2D eigenvalue weighted by Gasteiger charge is -2.15. The zero-order valence-electron chi connectivity index (χ0n) is 14.2. The van der Waals surface area contributed by atoms with E-state index in [4.69, 9.17) is 11.6 Å². The first kappa shape index (κ1) is 17.5. The van der Waals surface area contributed by atoms with E-state index in [0.29, 0.717) is 29.2 Å². The van der Waals surface area contributed by atoms with Gasteiger partial charge in [-0.15, -0.1) is 0 Å². The maximum atomic E-state index is 14.5. The number of benzene rings is 2. The fourth-order valence-corrected chi connectivity index (χ4v) is 3.36. The molecule has 0 atom stereocenters. The van der Waals surface area contributed by atoms with Crippen LogP contribution in [0.4, 0.5) is 13.2 Å². The Hall–Kier alpha value is -2.86. The van der Waals surface area contributed by atoms with Crippen LogP contribution in [-0.4, -0.2) is 14.4 Å². The number of fused-ring (bicyclic) bond motifs is 1. The lowest BCUT2D eigenvalue weighted by atomic mass is 9.98. The highest BCUT2D eigenvalue weighted by molar-refractivity contribution is 6.33. The van der Waals surface area contributed by atoms with Crippen molar-refractivity contribution in [2.75, 3.05) is 0 Å². The highest BCUT2D eigenvalue weighted by Gasteiger charge is 2.24. The van der Waals surface area contributed by atoms with E-state index in [9.17, 15) is 13.2 Å². The van der Waals surface area contributed by atoms with Gasteiger partial charge in [0.2, 0.25) is 5.78 Å². The summed E-state index contributed by atoms with van der Waals surface area (Å²) in [6, 6.07) is 8.77. The zero-order valence-corrected chi connectivity index (χ0v) is 14.9. The molecular weight excluding hydrogens is 375 g/mol. The molecule has 27 heavy (non-hydrogen) atoms. The monoisotopic (exact) mass is 387 g/mol. The Morgan fingerprint density at radius 3 is 2.30 bits per heavy atom. The normalized spacial score (nSPS) is 11.3. The van der Waals surface area contributed by atoms with E-state index >= 15 is 0 Å². The second-order valence-corrected chi connectivity index (χ2v) is 6.38.